The van der Waals surface area contributed by atoms with Crippen LogP contribution in [-0.4, -0.2) is 24.2 Å². The highest BCUT2D eigenvalue weighted by atomic mass is 127. The summed E-state index contributed by atoms with van der Waals surface area (Å²) in [5.74, 6) is 0.283. The average molecular weight is 542 g/mol. The predicted octanol–water partition coefficient (Wildman–Crippen LogP) is 4.23. The molecule has 0 spiro atoms. The Kier molecular flexibility index (Phi) is 9.33. The van der Waals surface area contributed by atoms with Gasteiger partial charge in [0.1, 0.15) is 11.4 Å². The third-order valence-corrected chi connectivity index (χ3v) is 4.96. The molecule has 8 heteroatoms. The van der Waals surface area contributed by atoms with E-state index in [0.29, 0.717) is 25.6 Å². The molecular weight excluding hydrogens is 520 g/mol. The van der Waals surface area contributed by atoms with Crippen LogP contribution in [0.4, 0.5) is 4.39 Å². The molecule has 25 heavy (non-hydrogen) atoms. The van der Waals surface area contributed by atoms with Gasteiger partial charge >= 0.3 is 0 Å². The molecule has 0 saturated carbocycles. The van der Waals surface area contributed by atoms with Gasteiger partial charge in [-0.25, -0.2) is 9.38 Å². The first kappa shape index (κ1) is 22.3. The lowest BCUT2D eigenvalue weighted by atomic mass is 9.99. The summed E-state index contributed by atoms with van der Waals surface area (Å²) in [6.07, 6.45) is 0. The minimum Gasteiger partial charge on any atom is -0.384 e. The SMILES string of the molecule is CCNC(=NCc1cc(F)ccc1Br)NCC(C)(O)c1ccsc1.I. The van der Waals surface area contributed by atoms with E-state index in [9.17, 15) is 9.50 Å². The van der Waals surface area contributed by atoms with E-state index < -0.39 is 5.60 Å². The van der Waals surface area contributed by atoms with Crippen LogP contribution >= 0.6 is 51.2 Å². The predicted molar refractivity (Wildman–Crippen MR) is 116 cm³/mol. The van der Waals surface area contributed by atoms with E-state index in [-0.39, 0.29) is 29.8 Å². The van der Waals surface area contributed by atoms with Gasteiger partial charge in [-0.3, -0.25) is 0 Å². The zero-order valence-corrected chi connectivity index (χ0v) is 18.8. The second-order valence-corrected chi connectivity index (χ2v) is 7.20. The summed E-state index contributed by atoms with van der Waals surface area (Å²) in [5.41, 5.74) is 0.635. The van der Waals surface area contributed by atoms with Gasteiger partial charge < -0.3 is 15.7 Å². The molecule has 0 saturated heterocycles. The zero-order valence-electron chi connectivity index (χ0n) is 14.1. The molecule has 1 heterocycles. The first-order valence-electron chi connectivity index (χ1n) is 7.63. The zero-order chi connectivity index (χ0) is 17.6. The fraction of sp³-hybridized carbons (Fsp3) is 0.353. The van der Waals surface area contributed by atoms with E-state index in [1.54, 1.807) is 24.3 Å². The highest BCUT2D eigenvalue weighted by molar-refractivity contribution is 14.0. The molecule has 2 aromatic rings. The number of nitrogens with zero attached hydrogens (tertiary/aromatic N) is 1. The van der Waals surface area contributed by atoms with Crippen LogP contribution in [-0.2, 0) is 12.1 Å². The second-order valence-electron chi connectivity index (χ2n) is 5.57. The van der Waals surface area contributed by atoms with Gasteiger partial charge in [-0.2, -0.15) is 11.3 Å². The van der Waals surface area contributed by atoms with Crippen LogP contribution in [0.25, 0.3) is 0 Å². The van der Waals surface area contributed by atoms with Crippen LogP contribution in [0.15, 0.2) is 44.5 Å². The van der Waals surface area contributed by atoms with Crippen LogP contribution < -0.4 is 10.6 Å². The second kappa shape index (κ2) is 10.4. The smallest absolute Gasteiger partial charge is 0.191 e. The molecule has 0 aliphatic rings. The molecule has 1 aromatic carbocycles. The lowest BCUT2D eigenvalue weighted by Gasteiger charge is -2.24. The van der Waals surface area contributed by atoms with Crippen molar-refractivity contribution in [2.45, 2.75) is 26.0 Å². The molecule has 138 valence electrons. The Morgan fingerprint density at radius 1 is 1.36 bits per heavy atom. The van der Waals surface area contributed by atoms with Gasteiger partial charge in [0.05, 0.1) is 13.1 Å². The van der Waals surface area contributed by atoms with Crippen molar-refractivity contribution in [3.63, 3.8) is 0 Å². The number of thiophene rings is 1. The third kappa shape index (κ3) is 6.84. The summed E-state index contributed by atoms with van der Waals surface area (Å²) >= 11 is 4.95. The highest BCUT2D eigenvalue weighted by Crippen LogP contribution is 2.22. The molecule has 0 aliphatic carbocycles. The molecule has 0 bridgehead atoms. The number of nitrogens with one attached hydrogen (secondary N) is 2. The molecule has 0 aliphatic heterocycles. The fourth-order valence-corrected chi connectivity index (χ4v) is 3.25. The van der Waals surface area contributed by atoms with Crippen molar-refractivity contribution in [3.05, 3.63) is 56.4 Å². The van der Waals surface area contributed by atoms with E-state index >= 15 is 0 Å². The Hall–Kier alpha value is -0.710. The summed E-state index contributed by atoms with van der Waals surface area (Å²) in [6.45, 7) is 5.06. The topological polar surface area (TPSA) is 56.7 Å². The first-order chi connectivity index (χ1) is 11.4. The van der Waals surface area contributed by atoms with Crippen LogP contribution in [0.5, 0.6) is 0 Å². The van der Waals surface area contributed by atoms with Crippen LogP contribution in [0, 0.1) is 5.82 Å². The van der Waals surface area contributed by atoms with Gasteiger partial charge in [0.2, 0.25) is 0 Å². The Morgan fingerprint density at radius 3 is 2.76 bits per heavy atom. The minimum atomic E-state index is -0.990. The lowest BCUT2D eigenvalue weighted by molar-refractivity contribution is 0.0621. The van der Waals surface area contributed by atoms with Crippen molar-refractivity contribution >= 4 is 57.2 Å². The van der Waals surface area contributed by atoms with Crippen molar-refractivity contribution in [2.24, 2.45) is 4.99 Å². The summed E-state index contributed by atoms with van der Waals surface area (Å²) < 4.78 is 14.2. The maximum absolute atomic E-state index is 13.3. The van der Waals surface area contributed by atoms with Crippen LogP contribution in [0.2, 0.25) is 0 Å². The van der Waals surface area contributed by atoms with Crippen LogP contribution in [0.1, 0.15) is 25.0 Å². The third-order valence-electron chi connectivity index (χ3n) is 3.50. The Labute approximate surface area is 177 Å². The standard InChI is InChI=1S/C17H21BrFN3OS.HI/c1-3-20-16(21-9-12-8-14(19)4-5-15(12)18)22-11-17(2,23)13-6-7-24-10-13;/h4-8,10,23H,3,9,11H2,1-2H3,(H2,20,21,22);1H. The molecule has 2 rings (SSSR count). The van der Waals surface area contributed by atoms with Gasteiger partial charge in [-0.05, 0) is 60.0 Å². The molecule has 4 nitrogen and oxygen atoms in total. The maximum atomic E-state index is 13.3. The van der Waals surface area contributed by atoms with Crippen molar-refractivity contribution in [3.8, 4) is 0 Å². The van der Waals surface area contributed by atoms with E-state index in [1.165, 1.54) is 12.1 Å². The maximum Gasteiger partial charge on any atom is 0.191 e. The Bertz CT molecular complexity index is 695. The van der Waals surface area contributed by atoms with E-state index in [2.05, 4.69) is 31.6 Å². The van der Waals surface area contributed by atoms with E-state index in [1.807, 2.05) is 23.8 Å². The summed E-state index contributed by atoms with van der Waals surface area (Å²) in [4.78, 5) is 4.46. The number of aliphatic hydroxyl groups is 1. The summed E-state index contributed by atoms with van der Waals surface area (Å²) in [6, 6.07) is 6.43. The molecule has 1 atom stereocenters. The molecule has 1 aromatic heterocycles. The molecule has 0 radical (unpaired) electrons. The van der Waals surface area contributed by atoms with Gasteiger partial charge in [0.25, 0.3) is 0 Å². The van der Waals surface area contributed by atoms with E-state index in [4.69, 9.17) is 0 Å². The molecular formula is C17H22BrFIN3OS. The molecule has 1 unspecified atom stereocenters. The average Bonchev–Trinajstić information content (AvgIpc) is 3.08. The lowest BCUT2D eigenvalue weighted by Crippen LogP contribution is -2.44. The largest absolute Gasteiger partial charge is 0.384 e. The van der Waals surface area contributed by atoms with Crippen molar-refractivity contribution in [2.75, 3.05) is 13.1 Å². The van der Waals surface area contributed by atoms with Crippen molar-refractivity contribution < 1.29 is 9.50 Å². The summed E-state index contributed by atoms with van der Waals surface area (Å²) in [5, 5.41) is 20.7. The molecule has 0 fully saturated rings. The molecule has 3 N–H and O–H groups in total. The first-order valence-corrected chi connectivity index (χ1v) is 9.37. The van der Waals surface area contributed by atoms with E-state index in [0.717, 1.165) is 15.6 Å². The quantitative estimate of drug-likeness (QED) is 0.291. The van der Waals surface area contributed by atoms with Gasteiger partial charge in [-0.1, -0.05) is 15.9 Å². The number of aliphatic imine (C=N–C) groups is 1. The minimum absolute atomic E-state index is 0. The fourth-order valence-electron chi connectivity index (χ4n) is 2.10. The van der Waals surface area contributed by atoms with Crippen LogP contribution in [0.3, 0.4) is 0 Å². The van der Waals surface area contributed by atoms with Crippen molar-refractivity contribution in [1.82, 2.24) is 10.6 Å². The normalized spacial score (nSPS) is 13.7. The number of hydrogen-bond donors (Lipinski definition) is 3. The van der Waals surface area contributed by atoms with Gasteiger partial charge in [-0.15, -0.1) is 24.0 Å². The Morgan fingerprint density at radius 2 is 2.12 bits per heavy atom. The van der Waals surface area contributed by atoms with Crippen molar-refractivity contribution in [1.29, 1.82) is 0 Å². The number of rotatable bonds is 6. The number of benzene rings is 1. The number of hydrogen-bond acceptors (Lipinski definition) is 3. The number of guanidine groups is 1. The molecule has 0 amide bonds. The monoisotopic (exact) mass is 541 g/mol. The summed E-state index contributed by atoms with van der Waals surface area (Å²) in [7, 11) is 0. The van der Waals surface area contributed by atoms with Gasteiger partial charge in [0, 0.05) is 11.0 Å². The highest BCUT2D eigenvalue weighted by Gasteiger charge is 2.23. The number of halogens is 3. The van der Waals surface area contributed by atoms with Gasteiger partial charge in [0.15, 0.2) is 5.96 Å². The Balaban J connectivity index is 0.00000312.